The van der Waals surface area contributed by atoms with Gasteiger partial charge in [0.1, 0.15) is 0 Å². The molecule has 0 saturated heterocycles. The SMILES string of the molecule is CCc1ccc(CCCC(Br)CC)s1. The molecule has 0 amide bonds. The molecule has 0 bridgehead atoms. The smallest absolute Gasteiger partial charge is 0.0143 e. The van der Waals surface area contributed by atoms with Crippen LogP contribution in [-0.2, 0) is 12.8 Å². The maximum absolute atomic E-state index is 3.67. The summed E-state index contributed by atoms with van der Waals surface area (Å²) in [6.07, 6.45) is 6.29. The van der Waals surface area contributed by atoms with E-state index in [9.17, 15) is 0 Å². The Bertz CT molecular complexity index is 255. The number of alkyl halides is 1. The lowest BCUT2D eigenvalue weighted by Gasteiger charge is -2.04. The molecule has 0 N–H and O–H groups in total. The Morgan fingerprint density at radius 1 is 1.29 bits per heavy atom. The summed E-state index contributed by atoms with van der Waals surface area (Å²) in [5.41, 5.74) is 0. The number of aryl methyl sites for hydroxylation is 2. The van der Waals surface area contributed by atoms with E-state index in [-0.39, 0.29) is 0 Å². The summed E-state index contributed by atoms with van der Waals surface area (Å²) in [6.45, 7) is 4.46. The van der Waals surface area contributed by atoms with Crippen LogP contribution in [0.15, 0.2) is 12.1 Å². The highest BCUT2D eigenvalue weighted by atomic mass is 79.9. The van der Waals surface area contributed by atoms with Crippen molar-refractivity contribution in [1.82, 2.24) is 0 Å². The van der Waals surface area contributed by atoms with Crippen molar-refractivity contribution in [3.05, 3.63) is 21.9 Å². The van der Waals surface area contributed by atoms with E-state index in [4.69, 9.17) is 0 Å². The Morgan fingerprint density at radius 3 is 2.57 bits per heavy atom. The molecule has 0 radical (unpaired) electrons. The maximum atomic E-state index is 3.67. The molecule has 0 aromatic carbocycles. The summed E-state index contributed by atoms with van der Waals surface area (Å²) in [6, 6.07) is 4.56. The molecule has 1 heterocycles. The highest BCUT2D eigenvalue weighted by molar-refractivity contribution is 9.09. The van der Waals surface area contributed by atoms with Crippen LogP contribution >= 0.6 is 27.3 Å². The molecular formula is C12H19BrS. The summed E-state index contributed by atoms with van der Waals surface area (Å²) in [4.78, 5) is 3.79. The van der Waals surface area contributed by atoms with Crippen LogP contribution in [0.4, 0.5) is 0 Å². The zero-order chi connectivity index (χ0) is 10.4. The van der Waals surface area contributed by atoms with Gasteiger partial charge in [0.05, 0.1) is 0 Å². The predicted octanol–water partition coefficient (Wildman–Crippen LogP) is 4.81. The molecule has 1 rings (SSSR count). The van der Waals surface area contributed by atoms with Crippen LogP contribution < -0.4 is 0 Å². The van der Waals surface area contributed by atoms with Gasteiger partial charge in [-0.1, -0.05) is 29.8 Å². The first kappa shape index (κ1) is 12.3. The second-order valence-corrected chi connectivity index (χ2v) is 6.17. The molecule has 0 aliphatic carbocycles. The molecule has 2 heteroatoms. The summed E-state index contributed by atoms with van der Waals surface area (Å²) in [7, 11) is 0. The largest absolute Gasteiger partial charge is 0.145 e. The molecule has 1 atom stereocenters. The normalized spacial score (nSPS) is 13.1. The molecule has 80 valence electrons. The minimum atomic E-state index is 0.716. The van der Waals surface area contributed by atoms with Crippen molar-refractivity contribution in [2.75, 3.05) is 0 Å². The number of rotatable bonds is 6. The van der Waals surface area contributed by atoms with E-state index in [0.29, 0.717) is 4.83 Å². The van der Waals surface area contributed by atoms with E-state index >= 15 is 0 Å². The molecule has 0 saturated carbocycles. The third kappa shape index (κ3) is 4.14. The van der Waals surface area contributed by atoms with Gasteiger partial charge < -0.3 is 0 Å². The van der Waals surface area contributed by atoms with Crippen LogP contribution in [0.5, 0.6) is 0 Å². The zero-order valence-corrected chi connectivity index (χ0v) is 11.5. The van der Waals surface area contributed by atoms with Crippen molar-refractivity contribution in [2.45, 2.75) is 50.8 Å². The van der Waals surface area contributed by atoms with Crippen molar-refractivity contribution in [3.8, 4) is 0 Å². The predicted molar refractivity (Wildman–Crippen MR) is 69.6 cm³/mol. The lowest BCUT2D eigenvalue weighted by molar-refractivity contribution is 0.693. The number of hydrogen-bond acceptors (Lipinski definition) is 1. The summed E-state index contributed by atoms with van der Waals surface area (Å²) < 4.78 is 0. The molecule has 1 aromatic rings. The highest BCUT2D eigenvalue weighted by Crippen LogP contribution is 2.20. The third-order valence-corrected chi connectivity index (χ3v) is 4.84. The van der Waals surface area contributed by atoms with Crippen molar-refractivity contribution in [2.24, 2.45) is 0 Å². The number of thiophene rings is 1. The second-order valence-electron chi connectivity index (χ2n) is 3.62. The van der Waals surface area contributed by atoms with E-state index in [1.54, 1.807) is 4.88 Å². The van der Waals surface area contributed by atoms with Crippen LogP contribution in [0.2, 0.25) is 0 Å². The Morgan fingerprint density at radius 2 is 2.00 bits per heavy atom. The van der Waals surface area contributed by atoms with Crippen LogP contribution in [0.25, 0.3) is 0 Å². The first-order valence-corrected chi connectivity index (χ1v) is 7.21. The third-order valence-electron chi connectivity index (χ3n) is 2.45. The van der Waals surface area contributed by atoms with Crippen LogP contribution in [0.1, 0.15) is 42.9 Å². The molecule has 14 heavy (non-hydrogen) atoms. The first-order chi connectivity index (χ1) is 6.76. The highest BCUT2D eigenvalue weighted by Gasteiger charge is 2.02. The monoisotopic (exact) mass is 274 g/mol. The van der Waals surface area contributed by atoms with Gasteiger partial charge in [0, 0.05) is 14.6 Å². The van der Waals surface area contributed by atoms with Gasteiger partial charge in [-0.2, -0.15) is 0 Å². The van der Waals surface area contributed by atoms with E-state index in [0.717, 1.165) is 0 Å². The van der Waals surface area contributed by atoms with Gasteiger partial charge in [0.25, 0.3) is 0 Å². The minimum absolute atomic E-state index is 0.716. The second kappa shape index (κ2) is 6.62. The van der Waals surface area contributed by atoms with E-state index in [1.807, 2.05) is 11.3 Å². The van der Waals surface area contributed by atoms with Gasteiger partial charge >= 0.3 is 0 Å². The quantitative estimate of drug-likeness (QED) is 0.654. The fourth-order valence-corrected chi connectivity index (χ4v) is 2.77. The van der Waals surface area contributed by atoms with Gasteiger partial charge in [-0.05, 0) is 44.2 Å². The standard InChI is InChI=1S/C12H19BrS/c1-3-10(13)6-5-7-12-9-8-11(4-2)14-12/h8-10H,3-7H2,1-2H3. The van der Waals surface area contributed by atoms with E-state index in [1.165, 1.54) is 37.0 Å². The van der Waals surface area contributed by atoms with Crippen LogP contribution in [0.3, 0.4) is 0 Å². The number of hydrogen-bond donors (Lipinski definition) is 0. The van der Waals surface area contributed by atoms with Gasteiger partial charge in [-0.3, -0.25) is 0 Å². The topological polar surface area (TPSA) is 0 Å². The van der Waals surface area contributed by atoms with E-state index < -0.39 is 0 Å². The summed E-state index contributed by atoms with van der Waals surface area (Å²) in [5, 5.41) is 0. The van der Waals surface area contributed by atoms with Gasteiger partial charge in [0.15, 0.2) is 0 Å². The molecule has 1 aromatic heterocycles. The number of halogens is 1. The Labute approximate surface area is 99.9 Å². The molecule has 0 nitrogen and oxygen atoms in total. The summed E-state index contributed by atoms with van der Waals surface area (Å²) >= 11 is 5.65. The molecular weight excluding hydrogens is 256 g/mol. The van der Waals surface area contributed by atoms with Crippen LogP contribution in [-0.4, -0.2) is 4.83 Å². The minimum Gasteiger partial charge on any atom is -0.145 e. The average Bonchev–Trinajstić information content (AvgIpc) is 2.65. The Balaban J connectivity index is 2.24. The van der Waals surface area contributed by atoms with Gasteiger partial charge in [-0.25, -0.2) is 0 Å². The molecule has 1 unspecified atom stereocenters. The first-order valence-electron chi connectivity index (χ1n) is 5.47. The van der Waals surface area contributed by atoms with Gasteiger partial charge in [0.2, 0.25) is 0 Å². The van der Waals surface area contributed by atoms with E-state index in [2.05, 4.69) is 41.9 Å². The Hall–Kier alpha value is 0.180. The Kier molecular flexibility index (Phi) is 5.80. The lowest BCUT2D eigenvalue weighted by atomic mass is 10.1. The lowest BCUT2D eigenvalue weighted by Crippen LogP contribution is -1.95. The maximum Gasteiger partial charge on any atom is 0.0143 e. The van der Waals surface area contributed by atoms with Crippen LogP contribution in [0, 0.1) is 0 Å². The molecule has 0 aliphatic heterocycles. The van der Waals surface area contributed by atoms with Crippen molar-refractivity contribution in [1.29, 1.82) is 0 Å². The molecule has 0 spiro atoms. The summed E-state index contributed by atoms with van der Waals surface area (Å²) in [5.74, 6) is 0. The van der Waals surface area contributed by atoms with Crippen molar-refractivity contribution in [3.63, 3.8) is 0 Å². The molecule has 0 fully saturated rings. The zero-order valence-electron chi connectivity index (χ0n) is 9.05. The van der Waals surface area contributed by atoms with Gasteiger partial charge in [-0.15, -0.1) is 11.3 Å². The fourth-order valence-electron chi connectivity index (χ4n) is 1.45. The van der Waals surface area contributed by atoms with Crippen molar-refractivity contribution >= 4 is 27.3 Å². The molecule has 0 aliphatic rings. The fraction of sp³-hybridized carbons (Fsp3) is 0.667. The average molecular weight is 275 g/mol. The van der Waals surface area contributed by atoms with Crippen molar-refractivity contribution < 1.29 is 0 Å².